The van der Waals surface area contributed by atoms with Crippen LogP contribution in [0.5, 0.6) is 0 Å². The van der Waals surface area contributed by atoms with Crippen LogP contribution in [0.1, 0.15) is 42.8 Å². The average Bonchev–Trinajstić information content (AvgIpc) is 3.23. The molecule has 2 heterocycles. The largest absolute Gasteiger partial charge is 0.465 e. The summed E-state index contributed by atoms with van der Waals surface area (Å²) in [7, 11) is 2.21. The maximum Gasteiger partial charge on any atom is 0.118 e. The lowest BCUT2D eigenvalue weighted by atomic mass is 10.00. The van der Waals surface area contributed by atoms with Crippen molar-refractivity contribution in [3.05, 3.63) is 23.2 Å². The van der Waals surface area contributed by atoms with E-state index >= 15 is 0 Å². The molecule has 2 aliphatic rings. The van der Waals surface area contributed by atoms with E-state index in [1.807, 2.05) is 0 Å². The molecule has 1 saturated carbocycles. The third-order valence-electron chi connectivity index (χ3n) is 4.56. The number of hydrogen-bond acceptors (Lipinski definition) is 4. The Morgan fingerprint density at radius 1 is 1.24 bits per heavy atom. The lowest BCUT2D eigenvalue weighted by Gasteiger charge is -2.26. The van der Waals surface area contributed by atoms with Gasteiger partial charge in [-0.3, -0.25) is 0 Å². The molecule has 0 spiro atoms. The molecule has 118 valence electrons. The minimum Gasteiger partial charge on any atom is -0.465 e. The molecule has 1 aromatic rings. The van der Waals surface area contributed by atoms with Gasteiger partial charge in [-0.15, -0.1) is 0 Å². The number of aryl methyl sites for hydroxylation is 1. The molecule has 21 heavy (non-hydrogen) atoms. The summed E-state index contributed by atoms with van der Waals surface area (Å²) in [5.41, 5.74) is 1.33. The second kappa shape index (κ2) is 6.95. The molecule has 4 nitrogen and oxygen atoms in total. The van der Waals surface area contributed by atoms with E-state index in [9.17, 15) is 0 Å². The van der Waals surface area contributed by atoms with Crippen LogP contribution in [0, 0.1) is 12.8 Å². The van der Waals surface area contributed by atoms with Crippen LogP contribution >= 0.6 is 0 Å². The fraction of sp³-hybridized carbons (Fsp3) is 0.765. The van der Waals surface area contributed by atoms with Gasteiger partial charge in [-0.1, -0.05) is 0 Å². The fourth-order valence-electron chi connectivity index (χ4n) is 3.09. The Kier molecular flexibility index (Phi) is 4.99. The molecule has 0 radical (unpaired) electrons. The molecule has 1 aliphatic carbocycles. The zero-order valence-electron chi connectivity index (χ0n) is 13.4. The molecule has 1 N–H and O–H groups in total. The molecular weight excluding hydrogens is 264 g/mol. The van der Waals surface area contributed by atoms with Crippen LogP contribution in [0.3, 0.4) is 0 Å². The Labute approximate surface area is 127 Å². The fourth-order valence-corrected chi connectivity index (χ4v) is 3.09. The molecule has 1 saturated heterocycles. The smallest absolute Gasteiger partial charge is 0.118 e. The summed E-state index contributed by atoms with van der Waals surface area (Å²) in [4.78, 5) is 2.42. The SMILES string of the molecule is Cc1oc(CNC2CC2)cc1CN(C)CC1CCOCC1. The zero-order valence-corrected chi connectivity index (χ0v) is 13.4. The van der Waals surface area contributed by atoms with Crippen LogP contribution in [0.25, 0.3) is 0 Å². The van der Waals surface area contributed by atoms with E-state index in [2.05, 4.69) is 30.3 Å². The van der Waals surface area contributed by atoms with Gasteiger partial charge in [0.1, 0.15) is 11.5 Å². The van der Waals surface area contributed by atoms with Gasteiger partial charge < -0.3 is 19.4 Å². The molecule has 0 unspecified atom stereocenters. The monoisotopic (exact) mass is 292 g/mol. The van der Waals surface area contributed by atoms with Crippen LogP contribution in [0.4, 0.5) is 0 Å². The van der Waals surface area contributed by atoms with Gasteiger partial charge in [0.2, 0.25) is 0 Å². The highest BCUT2D eigenvalue weighted by Crippen LogP contribution is 2.22. The highest BCUT2D eigenvalue weighted by molar-refractivity contribution is 5.20. The predicted molar refractivity (Wildman–Crippen MR) is 83.2 cm³/mol. The number of rotatable bonds is 7. The topological polar surface area (TPSA) is 37.6 Å². The first kappa shape index (κ1) is 15.1. The molecule has 0 bridgehead atoms. The zero-order chi connectivity index (χ0) is 14.7. The molecule has 4 heteroatoms. The van der Waals surface area contributed by atoms with Crippen molar-refractivity contribution in [3.63, 3.8) is 0 Å². The van der Waals surface area contributed by atoms with Crippen molar-refractivity contribution < 1.29 is 9.15 Å². The van der Waals surface area contributed by atoms with Crippen LogP contribution < -0.4 is 5.32 Å². The Morgan fingerprint density at radius 2 is 2.00 bits per heavy atom. The highest BCUT2D eigenvalue weighted by Gasteiger charge is 2.21. The van der Waals surface area contributed by atoms with E-state index in [0.717, 1.165) is 56.3 Å². The summed E-state index contributed by atoms with van der Waals surface area (Å²) < 4.78 is 11.3. The summed E-state index contributed by atoms with van der Waals surface area (Å²) in [6, 6.07) is 2.96. The summed E-state index contributed by atoms with van der Waals surface area (Å²) >= 11 is 0. The Bertz CT molecular complexity index is 448. The van der Waals surface area contributed by atoms with Gasteiger partial charge in [0.05, 0.1) is 6.54 Å². The minimum atomic E-state index is 0.732. The van der Waals surface area contributed by atoms with Gasteiger partial charge in [0.15, 0.2) is 0 Å². The predicted octanol–water partition coefficient (Wildman–Crippen LogP) is 2.70. The van der Waals surface area contributed by atoms with E-state index < -0.39 is 0 Å². The van der Waals surface area contributed by atoms with Crippen LogP contribution in [0.15, 0.2) is 10.5 Å². The highest BCUT2D eigenvalue weighted by atomic mass is 16.5. The van der Waals surface area contributed by atoms with Crippen molar-refractivity contribution in [2.45, 2.75) is 51.7 Å². The van der Waals surface area contributed by atoms with Gasteiger partial charge >= 0.3 is 0 Å². The van der Waals surface area contributed by atoms with Crippen molar-refractivity contribution in [1.82, 2.24) is 10.2 Å². The standard InChI is InChI=1S/C17H28N2O2/c1-13-15(9-17(21-13)10-18-16-3-4-16)12-19(2)11-14-5-7-20-8-6-14/h9,14,16,18H,3-8,10-12H2,1-2H3. The number of ether oxygens (including phenoxy) is 1. The van der Waals surface area contributed by atoms with Crippen LogP contribution in [-0.4, -0.2) is 37.7 Å². The molecular formula is C17H28N2O2. The maximum absolute atomic E-state index is 5.87. The Balaban J connectivity index is 1.48. The molecule has 0 amide bonds. The normalized spacial score (nSPS) is 20.3. The number of furan rings is 1. The molecule has 3 rings (SSSR count). The molecule has 0 atom stereocenters. The molecule has 2 fully saturated rings. The second-order valence-corrected chi connectivity index (χ2v) is 6.70. The molecule has 0 aromatic carbocycles. The molecule has 1 aliphatic heterocycles. The van der Waals surface area contributed by atoms with E-state index in [1.54, 1.807) is 0 Å². The number of nitrogens with one attached hydrogen (secondary N) is 1. The van der Waals surface area contributed by atoms with Crippen molar-refractivity contribution >= 4 is 0 Å². The van der Waals surface area contributed by atoms with Crippen molar-refractivity contribution in [3.8, 4) is 0 Å². The number of nitrogens with zero attached hydrogens (tertiary/aromatic N) is 1. The Morgan fingerprint density at radius 3 is 2.71 bits per heavy atom. The lowest BCUT2D eigenvalue weighted by Crippen LogP contribution is -2.29. The Hall–Kier alpha value is -0.840. The average molecular weight is 292 g/mol. The van der Waals surface area contributed by atoms with Crippen molar-refractivity contribution in [2.75, 3.05) is 26.8 Å². The summed E-state index contributed by atoms with van der Waals surface area (Å²) in [6.45, 7) is 6.95. The second-order valence-electron chi connectivity index (χ2n) is 6.70. The van der Waals surface area contributed by atoms with Crippen LogP contribution in [0.2, 0.25) is 0 Å². The van der Waals surface area contributed by atoms with E-state index in [0.29, 0.717) is 0 Å². The van der Waals surface area contributed by atoms with Gasteiger partial charge in [0, 0.05) is 37.9 Å². The van der Waals surface area contributed by atoms with E-state index in [1.165, 1.54) is 31.2 Å². The summed E-state index contributed by atoms with van der Waals surface area (Å²) in [6.07, 6.45) is 5.04. The summed E-state index contributed by atoms with van der Waals surface area (Å²) in [5.74, 6) is 2.93. The van der Waals surface area contributed by atoms with Crippen molar-refractivity contribution in [1.29, 1.82) is 0 Å². The maximum atomic E-state index is 5.87. The van der Waals surface area contributed by atoms with E-state index in [4.69, 9.17) is 9.15 Å². The van der Waals surface area contributed by atoms with Gasteiger partial charge in [0.25, 0.3) is 0 Å². The first-order valence-corrected chi connectivity index (χ1v) is 8.28. The summed E-state index contributed by atoms with van der Waals surface area (Å²) in [5, 5.41) is 3.51. The first-order chi connectivity index (χ1) is 10.2. The quantitative estimate of drug-likeness (QED) is 0.838. The third-order valence-corrected chi connectivity index (χ3v) is 4.56. The van der Waals surface area contributed by atoms with E-state index in [-0.39, 0.29) is 0 Å². The van der Waals surface area contributed by atoms with Crippen LogP contribution in [-0.2, 0) is 17.8 Å². The van der Waals surface area contributed by atoms with Gasteiger partial charge in [-0.05, 0) is 51.6 Å². The molecule has 1 aromatic heterocycles. The van der Waals surface area contributed by atoms with Gasteiger partial charge in [-0.2, -0.15) is 0 Å². The third kappa shape index (κ3) is 4.56. The minimum absolute atomic E-state index is 0.732. The van der Waals surface area contributed by atoms with Crippen molar-refractivity contribution in [2.24, 2.45) is 5.92 Å². The van der Waals surface area contributed by atoms with Gasteiger partial charge in [-0.25, -0.2) is 0 Å². The first-order valence-electron chi connectivity index (χ1n) is 8.28. The number of hydrogen-bond donors (Lipinski definition) is 1. The lowest BCUT2D eigenvalue weighted by molar-refractivity contribution is 0.0549.